The summed E-state index contributed by atoms with van der Waals surface area (Å²) in [6.07, 6.45) is 0. The molecule has 1 aliphatic rings. The Hall–Kier alpha value is -2.42. The zero-order valence-electron chi connectivity index (χ0n) is 17.9. The van der Waals surface area contributed by atoms with Crippen LogP contribution in [0.3, 0.4) is 0 Å². The van der Waals surface area contributed by atoms with Gasteiger partial charge in [-0.25, -0.2) is 8.42 Å². The molecule has 0 saturated carbocycles. The Morgan fingerprint density at radius 3 is 2.33 bits per heavy atom. The van der Waals surface area contributed by atoms with Gasteiger partial charge < -0.3 is 10.1 Å². The molecule has 30 heavy (non-hydrogen) atoms. The predicted molar refractivity (Wildman–Crippen MR) is 117 cm³/mol. The van der Waals surface area contributed by atoms with E-state index in [1.165, 1.54) is 4.31 Å². The third-order valence-electron chi connectivity index (χ3n) is 5.68. The van der Waals surface area contributed by atoms with Crippen molar-refractivity contribution in [3.63, 3.8) is 0 Å². The molecule has 1 heterocycles. The van der Waals surface area contributed by atoms with Crippen LogP contribution in [0.15, 0.2) is 47.4 Å². The van der Waals surface area contributed by atoms with Crippen molar-refractivity contribution in [2.75, 3.05) is 38.6 Å². The average Bonchev–Trinajstić information content (AvgIpc) is 2.75. The number of rotatable bonds is 6. The largest absolute Gasteiger partial charge is 0.495 e. The summed E-state index contributed by atoms with van der Waals surface area (Å²) in [5.41, 5.74) is 2.64. The van der Waals surface area contributed by atoms with Crippen LogP contribution < -0.4 is 10.1 Å². The van der Waals surface area contributed by atoms with E-state index in [9.17, 15) is 13.2 Å². The molecular weight excluding hydrogens is 402 g/mol. The number of ether oxygens (including phenoxy) is 1. The molecule has 162 valence electrons. The Bertz CT molecular complexity index is 1010. The normalized spacial score (nSPS) is 16.8. The van der Waals surface area contributed by atoms with E-state index >= 15 is 0 Å². The number of hydrogen-bond acceptors (Lipinski definition) is 5. The number of para-hydroxylation sites is 2. The highest BCUT2D eigenvalue weighted by atomic mass is 32.2. The maximum atomic E-state index is 13.0. The van der Waals surface area contributed by atoms with Crippen LogP contribution in [0.5, 0.6) is 5.75 Å². The molecular formula is C22H29N3O4S. The Balaban J connectivity index is 1.63. The van der Waals surface area contributed by atoms with Crippen molar-refractivity contribution in [2.45, 2.75) is 31.7 Å². The fraction of sp³-hybridized carbons (Fsp3) is 0.409. The van der Waals surface area contributed by atoms with E-state index in [1.54, 1.807) is 31.4 Å². The van der Waals surface area contributed by atoms with Crippen LogP contribution in [0, 0.1) is 13.8 Å². The van der Waals surface area contributed by atoms with Gasteiger partial charge >= 0.3 is 0 Å². The zero-order valence-corrected chi connectivity index (χ0v) is 18.7. The molecule has 2 aromatic carbocycles. The second-order valence-electron chi connectivity index (χ2n) is 7.55. The first-order valence-electron chi connectivity index (χ1n) is 9.99. The Morgan fingerprint density at radius 1 is 1.03 bits per heavy atom. The molecule has 0 bridgehead atoms. The lowest BCUT2D eigenvalue weighted by Gasteiger charge is -2.36. The highest BCUT2D eigenvalue weighted by Gasteiger charge is 2.32. The van der Waals surface area contributed by atoms with E-state index in [1.807, 2.05) is 43.9 Å². The molecule has 1 saturated heterocycles. The highest BCUT2D eigenvalue weighted by Crippen LogP contribution is 2.24. The molecule has 1 amide bonds. The topological polar surface area (TPSA) is 79.0 Å². The van der Waals surface area contributed by atoms with Gasteiger partial charge in [0.2, 0.25) is 15.9 Å². The maximum Gasteiger partial charge on any atom is 0.243 e. The third kappa shape index (κ3) is 4.66. The summed E-state index contributed by atoms with van der Waals surface area (Å²) in [7, 11) is -1.98. The summed E-state index contributed by atoms with van der Waals surface area (Å²) in [4.78, 5) is 15.0. The van der Waals surface area contributed by atoms with Crippen molar-refractivity contribution in [1.29, 1.82) is 0 Å². The van der Waals surface area contributed by atoms with Crippen LogP contribution in [-0.2, 0) is 14.8 Å². The van der Waals surface area contributed by atoms with Crippen LogP contribution in [-0.4, -0.2) is 62.9 Å². The van der Waals surface area contributed by atoms with Crippen molar-refractivity contribution in [2.24, 2.45) is 0 Å². The lowest BCUT2D eigenvalue weighted by Crippen LogP contribution is -2.53. The van der Waals surface area contributed by atoms with Gasteiger partial charge in [-0.15, -0.1) is 0 Å². The first-order valence-corrected chi connectivity index (χ1v) is 11.4. The number of methoxy groups -OCH3 is 1. The maximum absolute atomic E-state index is 13.0. The molecule has 1 fully saturated rings. The predicted octanol–water partition coefficient (Wildman–Crippen LogP) is 2.65. The third-order valence-corrected chi connectivity index (χ3v) is 7.58. The number of sulfonamides is 1. The number of amides is 1. The van der Waals surface area contributed by atoms with Crippen LogP contribution in [0.25, 0.3) is 0 Å². The van der Waals surface area contributed by atoms with Gasteiger partial charge in [-0.05, 0) is 56.2 Å². The summed E-state index contributed by atoms with van der Waals surface area (Å²) in [6, 6.07) is 12.1. The smallest absolute Gasteiger partial charge is 0.243 e. The van der Waals surface area contributed by atoms with Crippen LogP contribution in [0.1, 0.15) is 18.1 Å². The number of piperazine rings is 1. The SMILES string of the molecule is COc1ccccc1NC(=O)C(C)N1CCN(S(=O)(=O)c2ccc(C)c(C)c2)CC1. The number of aryl methyl sites for hydroxylation is 2. The number of nitrogens with zero attached hydrogens (tertiary/aromatic N) is 2. The van der Waals surface area contributed by atoms with Gasteiger partial charge in [0.25, 0.3) is 0 Å². The van der Waals surface area contributed by atoms with E-state index in [0.717, 1.165) is 11.1 Å². The van der Waals surface area contributed by atoms with Crippen molar-refractivity contribution >= 4 is 21.6 Å². The number of hydrogen-bond donors (Lipinski definition) is 1. The Morgan fingerprint density at radius 2 is 1.70 bits per heavy atom. The Kier molecular flexibility index (Phi) is 6.80. The number of carbonyl (C=O) groups excluding carboxylic acids is 1. The molecule has 1 N–H and O–H groups in total. The Labute approximate surface area is 178 Å². The summed E-state index contributed by atoms with van der Waals surface area (Å²) >= 11 is 0. The molecule has 0 aliphatic carbocycles. The minimum absolute atomic E-state index is 0.148. The number of anilines is 1. The van der Waals surface area contributed by atoms with E-state index in [-0.39, 0.29) is 11.9 Å². The molecule has 7 nitrogen and oxygen atoms in total. The van der Waals surface area contributed by atoms with E-state index in [4.69, 9.17) is 4.74 Å². The molecule has 1 unspecified atom stereocenters. The van der Waals surface area contributed by atoms with E-state index in [0.29, 0.717) is 42.5 Å². The lowest BCUT2D eigenvalue weighted by molar-refractivity contribution is -0.121. The molecule has 2 aromatic rings. The van der Waals surface area contributed by atoms with E-state index < -0.39 is 10.0 Å². The minimum atomic E-state index is -3.54. The standard InChI is InChI=1S/C22H29N3O4S/c1-16-9-10-19(15-17(16)2)30(27,28)25-13-11-24(12-14-25)18(3)22(26)23-20-7-5-6-8-21(20)29-4/h5-10,15,18H,11-14H2,1-4H3,(H,23,26). The second-order valence-corrected chi connectivity index (χ2v) is 9.49. The zero-order chi connectivity index (χ0) is 21.9. The average molecular weight is 432 g/mol. The van der Waals surface area contributed by atoms with Crippen molar-refractivity contribution in [3.05, 3.63) is 53.6 Å². The fourth-order valence-corrected chi connectivity index (χ4v) is 5.01. The van der Waals surface area contributed by atoms with Crippen LogP contribution in [0.4, 0.5) is 5.69 Å². The van der Waals surface area contributed by atoms with E-state index in [2.05, 4.69) is 5.32 Å². The minimum Gasteiger partial charge on any atom is -0.495 e. The van der Waals surface area contributed by atoms with Crippen molar-refractivity contribution in [3.8, 4) is 5.75 Å². The second kappa shape index (κ2) is 9.16. The first kappa shape index (κ1) is 22.3. The monoisotopic (exact) mass is 431 g/mol. The summed E-state index contributed by atoms with van der Waals surface area (Å²) in [5.74, 6) is 0.451. The van der Waals surface area contributed by atoms with Gasteiger partial charge in [-0.3, -0.25) is 9.69 Å². The fourth-order valence-electron chi connectivity index (χ4n) is 3.51. The molecule has 8 heteroatoms. The summed E-state index contributed by atoms with van der Waals surface area (Å²) < 4.78 is 32.8. The van der Waals surface area contributed by atoms with Gasteiger partial charge in [0.15, 0.2) is 0 Å². The number of carbonyl (C=O) groups is 1. The number of nitrogens with one attached hydrogen (secondary N) is 1. The van der Waals surface area contributed by atoms with Crippen LogP contribution >= 0.6 is 0 Å². The molecule has 0 aromatic heterocycles. The first-order chi connectivity index (χ1) is 14.2. The molecule has 0 spiro atoms. The quantitative estimate of drug-likeness (QED) is 0.761. The molecule has 1 aliphatic heterocycles. The van der Waals surface area contributed by atoms with Crippen molar-refractivity contribution in [1.82, 2.24) is 9.21 Å². The lowest BCUT2D eigenvalue weighted by atomic mass is 10.1. The molecule has 1 atom stereocenters. The van der Waals surface area contributed by atoms with Gasteiger partial charge in [-0.1, -0.05) is 18.2 Å². The van der Waals surface area contributed by atoms with Gasteiger partial charge in [-0.2, -0.15) is 4.31 Å². The molecule has 3 rings (SSSR count). The number of benzene rings is 2. The van der Waals surface area contributed by atoms with Gasteiger partial charge in [0.1, 0.15) is 5.75 Å². The summed E-state index contributed by atoms with van der Waals surface area (Å²) in [6.45, 7) is 7.38. The van der Waals surface area contributed by atoms with Crippen molar-refractivity contribution < 1.29 is 17.9 Å². The van der Waals surface area contributed by atoms with Gasteiger partial charge in [0, 0.05) is 26.2 Å². The van der Waals surface area contributed by atoms with Gasteiger partial charge in [0.05, 0.1) is 23.7 Å². The highest BCUT2D eigenvalue weighted by molar-refractivity contribution is 7.89. The van der Waals surface area contributed by atoms with Crippen LogP contribution in [0.2, 0.25) is 0 Å². The summed E-state index contributed by atoms with van der Waals surface area (Å²) in [5, 5.41) is 2.90. The molecule has 0 radical (unpaired) electrons.